The van der Waals surface area contributed by atoms with Gasteiger partial charge in [0.2, 0.25) is 0 Å². The average molecular weight is 426 g/mol. The maximum absolute atomic E-state index is 5.41. The first kappa shape index (κ1) is 22.7. The molecular formula is C24H35N5O2. The van der Waals surface area contributed by atoms with Crippen LogP contribution >= 0.6 is 0 Å². The van der Waals surface area contributed by atoms with E-state index < -0.39 is 0 Å². The van der Waals surface area contributed by atoms with Gasteiger partial charge in [-0.2, -0.15) is 0 Å². The zero-order valence-corrected chi connectivity index (χ0v) is 19.2. The number of nitrogens with zero attached hydrogens (tertiary/aromatic N) is 4. The molecule has 2 heterocycles. The van der Waals surface area contributed by atoms with Crippen molar-refractivity contribution in [3.8, 4) is 11.5 Å². The number of anilines is 1. The smallest absolute Gasteiger partial charge is 0.193 e. The van der Waals surface area contributed by atoms with Gasteiger partial charge in [-0.3, -0.25) is 0 Å². The van der Waals surface area contributed by atoms with Crippen molar-refractivity contribution in [2.24, 2.45) is 4.99 Å². The summed E-state index contributed by atoms with van der Waals surface area (Å²) in [5.74, 6) is 3.47. The van der Waals surface area contributed by atoms with Crippen LogP contribution in [0.25, 0.3) is 0 Å². The fourth-order valence-electron chi connectivity index (χ4n) is 3.72. The van der Waals surface area contributed by atoms with E-state index >= 15 is 0 Å². The first-order chi connectivity index (χ1) is 15.1. The van der Waals surface area contributed by atoms with Crippen molar-refractivity contribution in [1.82, 2.24) is 15.2 Å². The molecule has 0 radical (unpaired) electrons. The van der Waals surface area contributed by atoms with E-state index in [1.165, 1.54) is 18.4 Å². The number of ether oxygens (including phenoxy) is 2. The van der Waals surface area contributed by atoms with Crippen LogP contribution in [0.3, 0.4) is 0 Å². The minimum atomic E-state index is 0.607. The van der Waals surface area contributed by atoms with Crippen LogP contribution in [0.4, 0.5) is 5.82 Å². The van der Waals surface area contributed by atoms with Gasteiger partial charge in [0.25, 0.3) is 0 Å². The highest BCUT2D eigenvalue weighted by Crippen LogP contribution is 2.27. The summed E-state index contributed by atoms with van der Waals surface area (Å²) in [5, 5.41) is 3.39. The Kier molecular flexibility index (Phi) is 8.38. The summed E-state index contributed by atoms with van der Waals surface area (Å²) < 4.78 is 10.7. The van der Waals surface area contributed by atoms with Crippen LogP contribution in [0.5, 0.6) is 11.5 Å². The second kappa shape index (κ2) is 11.4. The summed E-state index contributed by atoms with van der Waals surface area (Å²) in [6, 6.07) is 10.3. The summed E-state index contributed by atoms with van der Waals surface area (Å²) in [5.41, 5.74) is 2.31. The third kappa shape index (κ3) is 6.26. The molecule has 1 aromatic carbocycles. The number of hydrogen-bond donors (Lipinski definition) is 1. The van der Waals surface area contributed by atoms with Crippen LogP contribution in [-0.4, -0.2) is 63.3 Å². The van der Waals surface area contributed by atoms with Crippen LogP contribution in [0.1, 0.15) is 30.9 Å². The van der Waals surface area contributed by atoms with E-state index in [2.05, 4.69) is 52.3 Å². The summed E-state index contributed by atoms with van der Waals surface area (Å²) >= 11 is 0. The topological polar surface area (TPSA) is 62.2 Å². The van der Waals surface area contributed by atoms with Crippen LogP contribution in [0.2, 0.25) is 0 Å². The number of hydrogen-bond acceptors (Lipinski definition) is 5. The van der Waals surface area contributed by atoms with Gasteiger partial charge in [-0.25, -0.2) is 9.98 Å². The number of guanidine groups is 1. The third-order valence-electron chi connectivity index (χ3n) is 5.53. The molecule has 0 aliphatic carbocycles. The quantitative estimate of drug-likeness (QED) is 0.491. The van der Waals surface area contributed by atoms with Crippen molar-refractivity contribution in [1.29, 1.82) is 0 Å². The molecule has 31 heavy (non-hydrogen) atoms. The van der Waals surface area contributed by atoms with Gasteiger partial charge in [-0.15, -0.1) is 0 Å². The van der Waals surface area contributed by atoms with Crippen LogP contribution in [0, 0.1) is 0 Å². The fraction of sp³-hybridized carbons (Fsp3) is 0.500. The number of nitrogens with one attached hydrogen (secondary N) is 1. The van der Waals surface area contributed by atoms with Gasteiger partial charge in [-0.05, 0) is 55.5 Å². The van der Waals surface area contributed by atoms with E-state index in [4.69, 9.17) is 14.5 Å². The molecule has 0 amide bonds. The molecular weight excluding hydrogens is 390 g/mol. The number of aromatic nitrogens is 1. The Morgan fingerprint density at radius 3 is 2.48 bits per heavy atom. The average Bonchev–Trinajstić information content (AvgIpc) is 3.35. The van der Waals surface area contributed by atoms with E-state index in [0.29, 0.717) is 6.54 Å². The Morgan fingerprint density at radius 1 is 1.10 bits per heavy atom. The van der Waals surface area contributed by atoms with E-state index in [0.717, 1.165) is 61.4 Å². The zero-order valence-electron chi connectivity index (χ0n) is 19.2. The molecule has 0 bridgehead atoms. The maximum atomic E-state index is 5.41. The van der Waals surface area contributed by atoms with Gasteiger partial charge in [-0.1, -0.05) is 12.1 Å². The minimum absolute atomic E-state index is 0.607. The van der Waals surface area contributed by atoms with Gasteiger partial charge < -0.3 is 24.6 Å². The lowest BCUT2D eigenvalue weighted by Gasteiger charge is -2.22. The Hall–Kier alpha value is -2.96. The number of aliphatic imine (C=N–C) groups is 1. The number of methoxy groups -OCH3 is 2. The molecule has 7 heteroatoms. The minimum Gasteiger partial charge on any atom is -0.493 e. The zero-order chi connectivity index (χ0) is 22.1. The lowest BCUT2D eigenvalue weighted by Crippen LogP contribution is -2.39. The Balaban J connectivity index is 1.59. The SMILES string of the molecule is CCNC(=NCc1ccc(N2CCCC2)nc1)N(C)CCc1ccc(OC)c(OC)c1. The molecule has 0 atom stereocenters. The number of pyridine rings is 1. The van der Waals surface area contributed by atoms with E-state index in [-0.39, 0.29) is 0 Å². The van der Waals surface area contributed by atoms with Gasteiger partial charge in [0.05, 0.1) is 20.8 Å². The third-order valence-corrected chi connectivity index (χ3v) is 5.53. The van der Waals surface area contributed by atoms with E-state index in [1.54, 1.807) is 14.2 Å². The van der Waals surface area contributed by atoms with Crippen molar-refractivity contribution in [3.05, 3.63) is 47.7 Å². The molecule has 0 spiro atoms. The lowest BCUT2D eigenvalue weighted by molar-refractivity contribution is 0.354. The normalized spacial score (nSPS) is 13.9. The molecule has 2 aromatic rings. The molecule has 0 unspecified atom stereocenters. The molecule has 1 fully saturated rings. The molecule has 1 N–H and O–H groups in total. The summed E-state index contributed by atoms with van der Waals surface area (Å²) in [4.78, 5) is 14.0. The van der Waals surface area contributed by atoms with Crippen molar-refractivity contribution in [3.63, 3.8) is 0 Å². The van der Waals surface area contributed by atoms with Crippen LogP contribution in [-0.2, 0) is 13.0 Å². The van der Waals surface area contributed by atoms with Gasteiger partial charge >= 0.3 is 0 Å². The van der Waals surface area contributed by atoms with Gasteiger partial charge in [0.1, 0.15) is 5.82 Å². The molecule has 7 nitrogen and oxygen atoms in total. The Morgan fingerprint density at radius 2 is 1.84 bits per heavy atom. The number of likely N-dealkylation sites (N-methyl/N-ethyl adjacent to an activating group) is 1. The Labute approximate surface area is 186 Å². The van der Waals surface area contributed by atoms with Crippen LogP contribution < -0.4 is 19.7 Å². The molecule has 0 saturated carbocycles. The molecule has 1 aliphatic rings. The predicted octanol–water partition coefficient (Wildman–Crippen LogP) is 3.34. The van der Waals surface area contributed by atoms with Gasteiger partial charge in [0, 0.05) is 39.4 Å². The molecule has 1 saturated heterocycles. The highest BCUT2D eigenvalue weighted by Gasteiger charge is 2.13. The number of rotatable bonds is 9. The van der Waals surface area contributed by atoms with Crippen molar-refractivity contribution < 1.29 is 9.47 Å². The number of benzene rings is 1. The second-order valence-electron chi connectivity index (χ2n) is 7.75. The van der Waals surface area contributed by atoms with E-state index in [9.17, 15) is 0 Å². The van der Waals surface area contributed by atoms with Crippen molar-refractivity contribution >= 4 is 11.8 Å². The van der Waals surface area contributed by atoms with Crippen molar-refractivity contribution in [2.45, 2.75) is 32.7 Å². The predicted molar refractivity (Wildman–Crippen MR) is 126 cm³/mol. The summed E-state index contributed by atoms with van der Waals surface area (Å²) in [7, 11) is 5.38. The summed E-state index contributed by atoms with van der Waals surface area (Å²) in [6.45, 7) is 6.58. The van der Waals surface area contributed by atoms with Crippen LogP contribution in [0.15, 0.2) is 41.5 Å². The molecule has 168 valence electrons. The molecule has 1 aromatic heterocycles. The highest BCUT2D eigenvalue weighted by molar-refractivity contribution is 5.79. The highest BCUT2D eigenvalue weighted by atomic mass is 16.5. The summed E-state index contributed by atoms with van der Waals surface area (Å²) in [6.07, 6.45) is 5.35. The first-order valence-electron chi connectivity index (χ1n) is 11.0. The molecule has 1 aliphatic heterocycles. The molecule has 3 rings (SSSR count). The lowest BCUT2D eigenvalue weighted by atomic mass is 10.1. The van der Waals surface area contributed by atoms with Gasteiger partial charge in [0.15, 0.2) is 17.5 Å². The fourth-order valence-corrected chi connectivity index (χ4v) is 3.72. The van der Waals surface area contributed by atoms with E-state index in [1.807, 2.05) is 18.3 Å². The second-order valence-corrected chi connectivity index (χ2v) is 7.75. The maximum Gasteiger partial charge on any atom is 0.193 e. The standard InChI is InChI=1S/C24H35N5O2/c1-5-25-24(27-18-20-9-11-23(26-17-20)29-13-6-7-14-29)28(2)15-12-19-8-10-21(30-3)22(16-19)31-4/h8-11,16-17H,5-7,12-15,18H2,1-4H3,(H,25,27). The largest absolute Gasteiger partial charge is 0.493 e. The first-order valence-corrected chi connectivity index (χ1v) is 11.0. The monoisotopic (exact) mass is 425 g/mol. The van der Waals surface area contributed by atoms with Crippen molar-refractivity contribution in [2.75, 3.05) is 52.3 Å². The Bertz CT molecular complexity index is 848.